The second-order valence-corrected chi connectivity index (χ2v) is 7.23. The van der Waals surface area contributed by atoms with E-state index in [4.69, 9.17) is 0 Å². The van der Waals surface area contributed by atoms with E-state index in [-0.39, 0.29) is 5.91 Å². The van der Waals surface area contributed by atoms with Crippen LogP contribution in [0.5, 0.6) is 0 Å². The second-order valence-electron chi connectivity index (χ2n) is 7.23. The van der Waals surface area contributed by atoms with Gasteiger partial charge in [0.05, 0.1) is 5.57 Å². The molecule has 152 valence electrons. The van der Waals surface area contributed by atoms with Crippen LogP contribution in [0.15, 0.2) is 60.8 Å². The third-order valence-electron chi connectivity index (χ3n) is 4.79. The summed E-state index contributed by atoms with van der Waals surface area (Å²) in [6.07, 6.45) is 3.33. The first-order chi connectivity index (χ1) is 13.4. The first-order valence-electron chi connectivity index (χ1n) is 9.67. The Labute approximate surface area is 169 Å². The molecule has 2 rings (SSSR count). The molecule has 0 unspecified atom stereocenters. The molecule has 0 radical (unpaired) electrons. The van der Waals surface area contributed by atoms with Crippen molar-refractivity contribution in [3.05, 3.63) is 60.8 Å². The number of amides is 1. The van der Waals surface area contributed by atoms with Crippen LogP contribution in [0.25, 0.3) is 0 Å². The third kappa shape index (κ3) is 6.25. The van der Waals surface area contributed by atoms with Crippen molar-refractivity contribution in [3.63, 3.8) is 0 Å². The van der Waals surface area contributed by atoms with Crippen LogP contribution in [-0.2, 0) is 4.79 Å². The van der Waals surface area contributed by atoms with Gasteiger partial charge in [0.2, 0.25) is 0 Å². The highest BCUT2D eigenvalue weighted by Crippen LogP contribution is 2.20. The van der Waals surface area contributed by atoms with E-state index in [9.17, 15) is 4.79 Å². The highest BCUT2D eigenvalue weighted by atomic mass is 16.1. The maximum atomic E-state index is 12.8. The minimum Gasteiger partial charge on any atom is -0.373 e. The zero-order chi connectivity index (χ0) is 20.5. The summed E-state index contributed by atoms with van der Waals surface area (Å²) >= 11 is 0. The molecule has 0 aliphatic carbocycles. The van der Waals surface area contributed by atoms with Gasteiger partial charge in [-0.2, -0.15) is 0 Å². The Kier molecular flexibility index (Phi) is 8.29. The molecule has 0 bridgehead atoms. The number of benzene rings is 1. The first kappa shape index (κ1) is 21.7. The van der Waals surface area contributed by atoms with Gasteiger partial charge in [-0.05, 0) is 44.4 Å². The molecule has 6 nitrogen and oxygen atoms in total. The number of hydrogen-bond donors (Lipinski definition) is 2. The fourth-order valence-electron chi connectivity index (χ4n) is 2.99. The van der Waals surface area contributed by atoms with Gasteiger partial charge in [-0.3, -0.25) is 4.79 Å². The Hall–Kier alpha value is -2.57. The van der Waals surface area contributed by atoms with Gasteiger partial charge in [-0.1, -0.05) is 19.2 Å². The first-order valence-corrected chi connectivity index (χ1v) is 9.67. The monoisotopic (exact) mass is 383 g/mol. The van der Waals surface area contributed by atoms with Gasteiger partial charge in [0.15, 0.2) is 0 Å². The van der Waals surface area contributed by atoms with E-state index >= 15 is 0 Å². The largest absolute Gasteiger partial charge is 0.373 e. The van der Waals surface area contributed by atoms with Crippen LogP contribution in [0.1, 0.15) is 0 Å². The number of carbonyl (C=O) groups excluding carboxylic acids is 1. The molecule has 6 heteroatoms. The highest BCUT2D eigenvalue weighted by molar-refractivity contribution is 6.06. The lowest BCUT2D eigenvalue weighted by Gasteiger charge is -2.29. The zero-order valence-corrected chi connectivity index (χ0v) is 17.4. The second kappa shape index (κ2) is 10.7. The number of nitrogens with one attached hydrogen (secondary N) is 2. The number of piperazine rings is 1. The Balaban J connectivity index is 2.02. The number of hydrogen-bond acceptors (Lipinski definition) is 5. The van der Waals surface area contributed by atoms with Crippen molar-refractivity contribution in [2.45, 2.75) is 0 Å². The van der Waals surface area contributed by atoms with Gasteiger partial charge < -0.3 is 25.3 Å². The predicted octanol–water partition coefficient (Wildman–Crippen LogP) is 2.15. The molecule has 1 aliphatic heterocycles. The zero-order valence-electron chi connectivity index (χ0n) is 17.4. The number of allylic oxidation sites excluding steroid dienone is 2. The fraction of sp³-hybridized carbons (Fsp3) is 0.409. The molecule has 0 saturated carbocycles. The lowest BCUT2D eigenvalue weighted by molar-refractivity contribution is -0.112. The summed E-state index contributed by atoms with van der Waals surface area (Å²) in [4.78, 5) is 19.3. The molecule has 1 aromatic carbocycles. The Morgan fingerprint density at radius 1 is 1.18 bits per heavy atom. The Morgan fingerprint density at radius 3 is 2.39 bits per heavy atom. The standard InChI is InChI=1S/C22H33N5O/c1-6-7-21(18(2)26(5)17-16-25(3)4)22(28)24-19-8-10-20(11-9-19)27-14-12-23-13-15-27/h6-11,23H,1-2,12-17H2,3-5H3,(H,24,28)/b21-7+. The maximum Gasteiger partial charge on any atom is 0.257 e. The van der Waals surface area contributed by atoms with Crippen molar-refractivity contribution in [1.82, 2.24) is 15.1 Å². The summed E-state index contributed by atoms with van der Waals surface area (Å²) in [6.45, 7) is 13.5. The fourth-order valence-corrected chi connectivity index (χ4v) is 2.99. The average molecular weight is 384 g/mol. The van der Waals surface area contributed by atoms with Gasteiger partial charge >= 0.3 is 0 Å². The van der Waals surface area contributed by atoms with Gasteiger partial charge in [0.1, 0.15) is 0 Å². The van der Waals surface area contributed by atoms with Crippen LogP contribution in [0, 0.1) is 0 Å². The van der Waals surface area contributed by atoms with Crippen molar-refractivity contribution in [1.29, 1.82) is 0 Å². The summed E-state index contributed by atoms with van der Waals surface area (Å²) in [5.41, 5.74) is 3.14. The summed E-state index contributed by atoms with van der Waals surface area (Å²) < 4.78 is 0. The minimum absolute atomic E-state index is 0.184. The lowest BCUT2D eigenvalue weighted by Crippen LogP contribution is -2.43. The van der Waals surface area contributed by atoms with Gasteiger partial charge in [0, 0.05) is 63.4 Å². The van der Waals surface area contributed by atoms with Gasteiger partial charge in [-0.15, -0.1) is 0 Å². The molecule has 1 heterocycles. The molecule has 2 N–H and O–H groups in total. The summed E-state index contributed by atoms with van der Waals surface area (Å²) in [7, 11) is 5.99. The van der Waals surface area contributed by atoms with Gasteiger partial charge in [0.25, 0.3) is 5.91 Å². The van der Waals surface area contributed by atoms with Crippen LogP contribution < -0.4 is 15.5 Å². The van der Waals surface area contributed by atoms with Crippen molar-refractivity contribution in [2.24, 2.45) is 0 Å². The van der Waals surface area contributed by atoms with E-state index in [1.807, 2.05) is 38.2 Å². The van der Waals surface area contributed by atoms with Crippen LogP contribution >= 0.6 is 0 Å². The van der Waals surface area contributed by atoms with E-state index in [0.717, 1.165) is 45.0 Å². The molecule has 0 aromatic heterocycles. The normalized spacial score (nSPS) is 14.7. The van der Waals surface area contributed by atoms with Crippen molar-refractivity contribution in [2.75, 3.05) is 70.6 Å². The Bertz CT molecular complexity index is 702. The molecule has 1 aliphatic rings. The van der Waals surface area contributed by atoms with Gasteiger partial charge in [-0.25, -0.2) is 0 Å². The molecular formula is C22H33N5O. The molecule has 0 atom stereocenters. The van der Waals surface area contributed by atoms with Crippen LogP contribution in [0.4, 0.5) is 11.4 Å². The van der Waals surface area contributed by atoms with Crippen molar-refractivity contribution >= 4 is 17.3 Å². The number of anilines is 2. The summed E-state index contributed by atoms with van der Waals surface area (Å²) in [6, 6.07) is 7.99. The van der Waals surface area contributed by atoms with E-state index < -0.39 is 0 Å². The molecule has 1 fully saturated rings. The molecular weight excluding hydrogens is 350 g/mol. The average Bonchev–Trinajstić information content (AvgIpc) is 2.70. The van der Waals surface area contributed by atoms with E-state index in [0.29, 0.717) is 11.3 Å². The lowest BCUT2D eigenvalue weighted by atomic mass is 10.1. The van der Waals surface area contributed by atoms with E-state index in [1.165, 1.54) is 5.69 Å². The predicted molar refractivity (Wildman–Crippen MR) is 119 cm³/mol. The summed E-state index contributed by atoms with van der Waals surface area (Å²) in [5, 5.41) is 6.33. The number of carbonyl (C=O) groups is 1. The van der Waals surface area contributed by atoms with E-state index in [2.05, 4.69) is 45.7 Å². The SMILES string of the molecule is C=C/C=C(\C(=C)N(C)CCN(C)C)C(=O)Nc1ccc(N2CCNCC2)cc1. The maximum absolute atomic E-state index is 12.8. The number of rotatable bonds is 9. The van der Waals surface area contributed by atoms with Crippen molar-refractivity contribution in [3.8, 4) is 0 Å². The third-order valence-corrected chi connectivity index (χ3v) is 4.79. The quantitative estimate of drug-likeness (QED) is 0.506. The minimum atomic E-state index is -0.184. The highest BCUT2D eigenvalue weighted by Gasteiger charge is 2.16. The van der Waals surface area contributed by atoms with E-state index in [1.54, 1.807) is 12.2 Å². The molecule has 1 amide bonds. The number of nitrogens with zero attached hydrogens (tertiary/aromatic N) is 3. The van der Waals surface area contributed by atoms with Crippen LogP contribution in [-0.4, -0.2) is 76.1 Å². The number of likely N-dealkylation sites (N-methyl/N-ethyl adjacent to an activating group) is 2. The summed E-state index contributed by atoms with van der Waals surface area (Å²) in [5.74, 6) is -0.184. The molecule has 1 saturated heterocycles. The molecule has 1 aromatic rings. The smallest absolute Gasteiger partial charge is 0.257 e. The van der Waals surface area contributed by atoms with Crippen molar-refractivity contribution < 1.29 is 4.79 Å². The van der Waals surface area contributed by atoms with Crippen LogP contribution in [0.3, 0.4) is 0 Å². The van der Waals surface area contributed by atoms with Crippen LogP contribution in [0.2, 0.25) is 0 Å². The topological polar surface area (TPSA) is 50.9 Å². The molecule has 28 heavy (non-hydrogen) atoms. The molecule has 0 spiro atoms. The Morgan fingerprint density at radius 2 is 1.82 bits per heavy atom.